The molecular formula is C17H13N3S. The third-order valence-corrected chi connectivity index (χ3v) is 4.05. The number of aromatic amines is 1. The molecule has 0 aliphatic rings. The lowest BCUT2D eigenvalue weighted by Crippen LogP contribution is -2.01. The molecule has 3 nitrogen and oxygen atoms in total. The van der Waals surface area contributed by atoms with Crippen molar-refractivity contribution < 1.29 is 0 Å². The van der Waals surface area contributed by atoms with E-state index in [0.29, 0.717) is 0 Å². The number of nitrogens with zero attached hydrogens (tertiary/aromatic N) is 2. The summed E-state index contributed by atoms with van der Waals surface area (Å²) in [7, 11) is 0. The molecule has 2 aromatic carbocycles. The van der Waals surface area contributed by atoms with E-state index >= 15 is 0 Å². The largest absolute Gasteiger partial charge is 0.331 e. The van der Waals surface area contributed by atoms with Crippen molar-refractivity contribution in [1.29, 1.82) is 0 Å². The standard InChI is InChI=1S/C17H13N3S/c21-17-19-14-8-1-2-9-15(14)20(17)11-13-6-3-5-12-7-4-10-18-16(12)13/h1-10H,11H2,(H,19,21). The van der Waals surface area contributed by atoms with Crippen LogP contribution in [0.3, 0.4) is 0 Å². The fraction of sp³-hybridized carbons (Fsp3) is 0.0588. The van der Waals surface area contributed by atoms with Crippen molar-refractivity contribution in [2.45, 2.75) is 6.54 Å². The number of rotatable bonds is 2. The molecular weight excluding hydrogens is 278 g/mol. The molecule has 0 atom stereocenters. The minimum Gasteiger partial charge on any atom is -0.331 e. The van der Waals surface area contributed by atoms with E-state index in [0.717, 1.165) is 33.3 Å². The van der Waals surface area contributed by atoms with Crippen LogP contribution in [0.2, 0.25) is 0 Å². The van der Waals surface area contributed by atoms with E-state index in [9.17, 15) is 0 Å². The first kappa shape index (κ1) is 12.3. The zero-order valence-corrected chi connectivity index (χ0v) is 12.1. The number of imidazole rings is 1. The van der Waals surface area contributed by atoms with Crippen molar-refractivity contribution >= 4 is 34.2 Å². The monoisotopic (exact) mass is 291 g/mol. The molecule has 21 heavy (non-hydrogen) atoms. The summed E-state index contributed by atoms with van der Waals surface area (Å²) < 4.78 is 2.86. The average Bonchev–Trinajstić information content (AvgIpc) is 2.84. The van der Waals surface area contributed by atoms with Crippen molar-refractivity contribution in [2.24, 2.45) is 0 Å². The molecule has 0 radical (unpaired) electrons. The summed E-state index contributed by atoms with van der Waals surface area (Å²) >= 11 is 5.46. The van der Waals surface area contributed by atoms with Crippen LogP contribution in [-0.2, 0) is 6.54 Å². The van der Waals surface area contributed by atoms with Gasteiger partial charge in [0, 0.05) is 11.6 Å². The molecule has 0 saturated heterocycles. The Morgan fingerprint density at radius 2 is 1.86 bits per heavy atom. The molecule has 0 fully saturated rings. The van der Waals surface area contributed by atoms with Gasteiger partial charge in [0.15, 0.2) is 4.77 Å². The molecule has 102 valence electrons. The molecule has 2 aromatic heterocycles. The molecule has 1 N–H and O–H groups in total. The molecule has 0 amide bonds. The molecule has 0 unspecified atom stereocenters. The number of aromatic nitrogens is 3. The molecule has 4 aromatic rings. The minimum atomic E-state index is 0.719. The molecule has 4 rings (SSSR count). The Kier molecular flexibility index (Phi) is 2.82. The second-order valence-corrected chi connectivity index (χ2v) is 5.41. The molecule has 0 bridgehead atoms. The SMILES string of the molecule is S=c1[nH]c2ccccc2n1Cc1cccc2cccnc12. The van der Waals surface area contributed by atoms with Gasteiger partial charge in [-0.2, -0.15) is 0 Å². The predicted molar refractivity (Wildman–Crippen MR) is 88.0 cm³/mol. The molecule has 4 heteroatoms. The van der Waals surface area contributed by atoms with Crippen LogP contribution >= 0.6 is 12.2 Å². The van der Waals surface area contributed by atoms with Gasteiger partial charge in [0.2, 0.25) is 0 Å². The van der Waals surface area contributed by atoms with Crippen LogP contribution in [0.5, 0.6) is 0 Å². The maximum absolute atomic E-state index is 5.46. The lowest BCUT2D eigenvalue weighted by atomic mass is 10.1. The second kappa shape index (κ2) is 4.82. The summed E-state index contributed by atoms with van der Waals surface area (Å²) in [4.78, 5) is 7.77. The molecule has 0 aliphatic carbocycles. The Morgan fingerprint density at radius 3 is 2.81 bits per heavy atom. The molecule has 0 spiro atoms. The van der Waals surface area contributed by atoms with E-state index in [1.165, 1.54) is 5.56 Å². The maximum Gasteiger partial charge on any atom is 0.178 e. The zero-order chi connectivity index (χ0) is 14.2. The maximum atomic E-state index is 5.46. The van der Waals surface area contributed by atoms with Gasteiger partial charge in [-0.1, -0.05) is 36.4 Å². The van der Waals surface area contributed by atoms with Crippen LogP contribution in [0.4, 0.5) is 0 Å². The third kappa shape index (κ3) is 2.04. The summed E-state index contributed by atoms with van der Waals surface area (Å²) in [6.45, 7) is 0.719. The quantitative estimate of drug-likeness (QED) is 0.559. The Labute approximate surface area is 126 Å². The fourth-order valence-electron chi connectivity index (χ4n) is 2.73. The van der Waals surface area contributed by atoms with E-state index in [-0.39, 0.29) is 0 Å². The Morgan fingerprint density at radius 1 is 1.00 bits per heavy atom. The average molecular weight is 291 g/mol. The van der Waals surface area contributed by atoms with Gasteiger partial charge in [-0.05, 0) is 36.0 Å². The number of nitrogens with one attached hydrogen (secondary N) is 1. The summed E-state index contributed by atoms with van der Waals surface area (Å²) in [6, 6.07) is 18.5. The Hall–Kier alpha value is -2.46. The molecule has 0 saturated carbocycles. The molecule has 2 heterocycles. The van der Waals surface area contributed by atoms with Crippen molar-refractivity contribution in [3.63, 3.8) is 0 Å². The van der Waals surface area contributed by atoms with E-state index < -0.39 is 0 Å². The summed E-state index contributed by atoms with van der Waals surface area (Å²) in [5.41, 5.74) is 4.40. The van der Waals surface area contributed by atoms with Crippen molar-refractivity contribution in [3.05, 3.63) is 71.1 Å². The second-order valence-electron chi connectivity index (χ2n) is 5.03. The summed E-state index contributed by atoms with van der Waals surface area (Å²) in [6.07, 6.45) is 1.83. The van der Waals surface area contributed by atoms with Gasteiger partial charge in [-0.3, -0.25) is 4.98 Å². The normalized spacial score (nSPS) is 11.2. The number of H-pyrrole nitrogens is 1. The van der Waals surface area contributed by atoms with Crippen LogP contribution in [0.25, 0.3) is 21.9 Å². The van der Waals surface area contributed by atoms with E-state index in [4.69, 9.17) is 12.2 Å². The smallest absolute Gasteiger partial charge is 0.178 e. The highest BCUT2D eigenvalue weighted by Crippen LogP contribution is 2.20. The number of hydrogen-bond acceptors (Lipinski definition) is 2. The van der Waals surface area contributed by atoms with E-state index in [2.05, 4.69) is 44.9 Å². The van der Waals surface area contributed by atoms with E-state index in [1.807, 2.05) is 30.5 Å². The highest BCUT2D eigenvalue weighted by molar-refractivity contribution is 7.71. The van der Waals surface area contributed by atoms with Gasteiger partial charge in [0.05, 0.1) is 23.1 Å². The topological polar surface area (TPSA) is 33.6 Å². The minimum absolute atomic E-state index is 0.719. The highest BCUT2D eigenvalue weighted by Gasteiger charge is 2.07. The number of para-hydroxylation sites is 3. The van der Waals surface area contributed by atoms with Gasteiger partial charge in [-0.15, -0.1) is 0 Å². The van der Waals surface area contributed by atoms with Gasteiger partial charge < -0.3 is 9.55 Å². The number of pyridine rings is 1. The van der Waals surface area contributed by atoms with Gasteiger partial charge in [-0.25, -0.2) is 0 Å². The van der Waals surface area contributed by atoms with Crippen LogP contribution in [0.15, 0.2) is 60.8 Å². The lowest BCUT2D eigenvalue weighted by molar-refractivity contribution is 0.814. The first-order valence-electron chi connectivity index (χ1n) is 6.83. The Balaban J connectivity index is 1.91. The number of hydrogen-bond donors (Lipinski definition) is 1. The van der Waals surface area contributed by atoms with Crippen LogP contribution in [0.1, 0.15) is 5.56 Å². The lowest BCUT2D eigenvalue weighted by Gasteiger charge is -2.07. The first-order valence-corrected chi connectivity index (χ1v) is 7.24. The van der Waals surface area contributed by atoms with Crippen molar-refractivity contribution in [2.75, 3.05) is 0 Å². The van der Waals surface area contributed by atoms with E-state index in [1.54, 1.807) is 0 Å². The number of benzene rings is 2. The number of fused-ring (bicyclic) bond motifs is 2. The predicted octanol–water partition coefficient (Wildman–Crippen LogP) is 4.30. The summed E-state index contributed by atoms with van der Waals surface area (Å²) in [5, 5.41) is 1.15. The van der Waals surface area contributed by atoms with Crippen LogP contribution < -0.4 is 0 Å². The molecule has 0 aliphatic heterocycles. The fourth-order valence-corrected chi connectivity index (χ4v) is 3.00. The summed E-state index contributed by atoms with van der Waals surface area (Å²) in [5.74, 6) is 0. The van der Waals surface area contributed by atoms with Crippen LogP contribution in [-0.4, -0.2) is 14.5 Å². The van der Waals surface area contributed by atoms with Gasteiger partial charge in [0.1, 0.15) is 0 Å². The van der Waals surface area contributed by atoms with Crippen molar-refractivity contribution in [1.82, 2.24) is 14.5 Å². The van der Waals surface area contributed by atoms with Gasteiger partial charge in [0.25, 0.3) is 0 Å². The van der Waals surface area contributed by atoms with Gasteiger partial charge >= 0.3 is 0 Å². The van der Waals surface area contributed by atoms with Crippen molar-refractivity contribution in [3.8, 4) is 0 Å². The first-order chi connectivity index (χ1) is 10.3. The van der Waals surface area contributed by atoms with Crippen LogP contribution in [0, 0.1) is 4.77 Å². The highest BCUT2D eigenvalue weighted by atomic mass is 32.1. The Bertz CT molecular complexity index is 992. The zero-order valence-electron chi connectivity index (χ0n) is 11.3. The third-order valence-electron chi connectivity index (χ3n) is 3.73.